The average molecular weight is 242 g/mol. The zero-order valence-electron chi connectivity index (χ0n) is 9.60. The van der Waals surface area contributed by atoms with E-state index in [-0.39, 0.29) is 19.3 Å². The van der Waals surface area contributed by atoms with E-state index in [1.165, 1.54) is 0 Å². The van der Waals surface area contributed by atoms with Gasteiger partial charge in [0.25, 0.3) is 5.56 Å². The summed E-state index contributed by atoms with van der Waals surface area (Å²) in [5, 5.41) is 8.73. The van der Waals surface area contributed by atoms with E-state index >= 15 is 0 Å². The van der Waals surface area contributed by atoms with Gasteiger partial charge in [0.1, 0.15) is 5.56 Å². The number of aromatic nitrogens is 2. The Morgan fingerprint density at radius 2 is 2.18 bits per heavy atom. The van der Waals surface area contributed by atoms with Crippen LogP contribution in [0.2, 0.25) is 0 Å². The molecule has 0 aliphatic heterocycles. The van der Waals surface area contributed by atoms with E-state index in [0.717, 1.165) is 10.8 Å². The molecule has 1 aromatic heterocycles. The maximum atomic E-state index is 11.3. The maximum Gasteiger partial charge on any atom is 0.342 e. The van der Waals surface area contributed by atoms with Gasteiger partial charge < -0.3 is 9.84 Å². The predicted molar refractivity (Wildman–Crippen MR) is 59.4 cm³/mol. The molecule has 0 fully saturated rings. The van der Waals surface area contributed by atoms with Crippen molar-refractivity contribution in [1.82, 2.24) is 9.55 Å². The molecule has 17 heavy (non-hydrogen) atoms. The molecule has 0 bridgehead atoms. The average Bonchev–Trinajstić information content (AvgIpc) is 2.20. The molecule has 94 valence electrons. The first-order valence-corrected chi connectivity index (χ1v) is 5.10. The predicted octanol–water partition coefficient (Wildman–Crippen LogP) is -0.340. The van der Waals surface area contributed by atoms with Crippen LogP contribution in [0.3, 0.4) is 0 Å². The Bertz CT molecular complexity index is 514. The van der Waals surface area contributed by atoms with Crippen molar-refractivity contribution in [3.8, 4) is 0 Å². The van der Waals surface area contributed by atoms with Gasteiger partial charge in [-0.05, 0) is 13.8 Å². The number of nitrogens with zero attached hydrogens (tertiary/aromatic N) is 1. The number of hydrogen-bond acceptors (Lipinski definition) is 4. The summed E-state index contributed by atoms with van der Waals surface area (Å²) in [6, 6.07) is 0. The number of aromatic amines is 1. The van der Waals surface area contributed by atoms with E-state index in [1.54, 1.807) is 0 Å². The lowest BCUT2D eigenvalue weighted by molar-refractivity contribution is 0.0680. The monoisotopic (exact) mass is 242 g/mol. The molecule has 0 atom stereocenters. The molecule has 0 saturated heterocycles. The summed E-state index contributed by atoms with van der Waals surface area (Å²) in [6.07, 6.45) is 1.04. The van der Waals surface area contributed by atoms with Crippen LogP contribution in [-0.4, -0.2) is 33.3 Å². The van der Waals surface area contributed by atoms with Crippen molar-refractivity contribution in [3.63, 3.8) is 0 Å². The molecule has 0 amide bonds. The molecule has 1 aromatic rings. The van der Waals surface area contributed by atoms with E-state index in [0.29, 0.717) is 0 Å². The third kappa shape index (κ3) is 3.56. The van der Waals surface area contributed by atoms with Crippen molar-refractivity contribution in [1.29, 1.82) is 0 Å². The zero-order chi connectivity index (χ0) is 13.0. The summed E-state index contributed by atoms with van der Waals surface area (Å²) in [5.41, 5.74) is -2.01. The number of carboxylic acids is 1. The largest absolute Gasteiger partial charge is 0.477 e. The Kier molecular flexibility index (Phi) is 4.22. The van der Waals surface area contributed by atoms with E-state index in [2.05, 4.69) is 0 Å². The number of carboxylic acid groups (broad SMARTS) is 1. The third-order valence-corrected chi connectivity index (χ3v) is 2.02. The fraction of sp³-hybridized carbons (Fsp3) is 0.500. The van der Waals surface area contributed by atoms with Crippen molar-refractivity contribution >= 4 is 5.97 Å². The van der Waals surface area contributed by atoms with Crippen LogP contribution in [0.15, 0.2) is 15.8 Å². The first-order valence-electron chi connectivity index (χ1n) is 5.10. The molecule has 1 heterocycles. The molecular weight excluding hydrogens is 228 g/mol. The van der Waals surface area contributed by atoms with Gasteiger partial charge in [0.15, 0.2) is 0 Å². The molecule has 0 unspecified atom stereocenters. The minimum atomic E-state index is -1.37. The molecule has 7 nitrogen and oxygen atoms in total. The van der Waals surface area contributed by atoms with Gasteiger partial charge in [-0.1, -0.05) is 0 Å². The van der Waals surface area contributed by atoms with E-state index in [4.69, 9.17) is 9.84 Å². The summed E-state index contributed by atoms with van der Waals surface area (Å²) in [6.45, 7) is 4.15. The minimum Gasteiger partial charge on any atom is -0.477 e. The smallest absolute Gasteiger partial charge is 0.342 e. The van der Waals surface area contributed by atoms with Crippen molar-refractivity contribution in [2.24, 2.45) is 0 Å². The van der Waals surface area contributed by atoms with Crippen LogP contribution < -0.4 is 11.2 Å². The van der Waals surface area contributed by atoms with Crippen LogP contribution in [0.25, 0.3) is 0 Å². The Labute approximate surface area is 96.7 Å². The first kappa shape index (κ1) is 13.2. The lowest BCUT2D eigenvalue weighted by Gasteiger charge is -2.09. The Morgan fingerprint density at radius 1 is 1.53 bits per heavy atom. The van der Waals surface area contributed by atoms with Crippen LogP contribution in [0.5, 0.6) is 0 Å². The van der Waals surface area contributed by atoms with Gasteiger partial charge in [0.05, 0.1) is 19.3 Å². The summed E-state index contributed by atoms with van der Waals surface area (Å²) in [5.74, 6) is -1.37. The van der Waals surface area contributed by atoms with Gasteiger partial charge >= 0.3 is 11.7 Å². The second kappa shape index (κ2) is 5.44. The fourth-order valence-electron chi connectivity index (χ4n) is 1.21. The molecular formula is C10H14N2O5. The summed E-state index contributed by atoms with van der Waals surface area (Å²) in [4.78, 5) is 35.1. The number of rotatable bonds is 5. The van der Waals surface area contributed by atoms with Gasteiger partial charge in [-0.25, -0.2) is 9.59 Å². The highest BCUT2D eigenvalue weighted by atomic mass is 16.5. The zero-order valence-corrected chi connectivity index (χ0v) is 9.60. The Morgan fingerprint density at radius 3 is 2.71 bits per heavy atom. The Balaban J connectivity index is 2.93. The summed E-state index contributed by atoms with van der Waals surface area (Å²) < 4.78 is 6.34. The van der Waals surface area contributed by atoms with Gasteiger partial charge in [-0.2, -0.15) is 0 Å². The molecule has 7 heteroatoms. The van der Waals surface area contributed by atoms with E-state index < -0.39 is 22.8 Å². The second-order valence-corrected chi connectivity index (χ2v) is 3.72. The SMILES string of the molecule is CC(C)OCCn1cc(C(=O)O)c(=O)[nH]c1=O. The van der Waals surface area contributed by atoms with Gasteiger partial charge in [0, 0.05) is 6.20 Å². The highest BCUT2D eigenvalue weighted by molar-refractivity contribution is 5.86. The third-order valence-electron chi connectivity index (χ3n) is 2.02. The van der Waals surface area contributed by atoms with Gasteiger partial charge in [0.2, 0.25) is 0 Å². The topological polar surface area (TPSA) is 101 Å². The molecule has 0 saturated carbocycles. The quantitative estimate of drug-likeness (QED) is 0.735. The van der Waals surface area contributed by atoms with Crippen LogP contribution in [-0.2, 0) is 11.3 Å². The summed E-state index contributed by atoms with van der Waals surface area (Å²) >= 11 is 0. The number of carbonyl (C=O) groups is 1. The van der Waals surface area contributed by atoms with Crippen LogP contribution in [0.1, 0.15) is 24.2 Å². The minimum absolute atomic E-state index is 0.0207. The number of nitrogens with one attached hydrogen (secondary N) is 1. The number of ether oxygens (including phenoxy) is 1. The van der Waals surface area contributed by atoms with Crippen molar-refractivity contribution in [3.05, 3.63) is 32.6 Å². The molecule has 0 spiro atoms. The lowest BCUT2D eigenvalue weighted by atomic mass is 10.3. The van der Waals surface area contributed by atoms with Gasteiger partial charge in [-0.3, -0.25) is 14.3 Å². The highest BCUT2D eigenvalue weighted by Gasteiger charge is 2.11. The molecule has 2 N–H and O–H groups in total. The first-order chi connectivity index (χ1) is 7.91. The standard InChI is InChI=1S/C10H14N2O5/c1-6(2)17-4-3-12-5-7(9(14)15)8(13)11-10(12)16/h5-6H,3-4H2,1-2H3,(H,14,15)(H,11,13,16). The fourth-order valence-corrected chi connectivity index (χ4v) is 1.21. The second-order valence-electron chi connectivity index (χ2n) is 3.72. The van der Waals surface area contributed by atoms with E-state index in [9.17, 15) is 14.4 Å². The molecule has 1 rings (SSSR count). The van der Waals surface area contributed by atoms with Crippen molar-refractivity contribution in [2.75, 3.05) is 6.61 Å². The number of aromatic carboxylic acids is 1. The molecule has 0 aliphatic carbocycles. The molecule has 0 aromatic carbocycles. The van der Waals surface area contributed by atoms with E-state index in [1.807, 2.05) is 18.8 Å². The van der Waals surface area contributed by atoms with Gasteiger partial charge in [-0.15, -0.1) is 0 Å². The number of H-pyrrole nitrogens is 1. The molecule has 0 radical (unpaired) electrons. The molecule has 0 aliphatic rings. The normalized spacial score (nSPS) is 10.8. The highest BCUT2D eigenvalue weighted by Crippen LogP contribution is 1.91. The van der Waals surface area contributed by atoms with Crippen LogP contribution >= 0.6 is 0 Å². The van der Waals surface area contributed by atoms with Crippen LogP contribution in [0, 0.1) is 0 Å². The van der Waals surface area contributed by atoms with Crippen molar-refractivity contribution in [2.45, 2.75) is 26.5 Å². The number of hydrogen-bond donors (Lipinski definition) is 2. The lowest BCUT2D eigenvalue weighted by Crippen LogP contribution is -2.34. The maximum absolute atomic E-state index is 11.3. The Hall–Kier alpha value is -1.89. The van der Waals surface area contributed by atoms with Crippen LogP contribution in [0.4, 0.5) is 0 Å². The van der Waals surface area contributed by atoms with Crippen molar-refractivity contribution < 1.29 is 14.6 Å². The summed E-state index contributed by atoms with van der Waals surface area (Å²) in [7, 11) is 0.